The lowest BCUT2D eigenvalue weighted by Crippen LogP contribution is -2.36. The summed E-state index contributed by atoms with van der Waals surface area (Å²) in [7, 11) is 2.67. The molecule has 0 aliphatic rings. The van der Waals surface area contributed by atoms with E-state index in [4.69, 9.17) is 0 Å². The predicted octanol–water partition coefficient (Wildman–Crippen LogP) is 0.387. The highest BCUT2D eigenvalue weighted by Crippen LogP contribution is 1.99. The number of methoxy groups -OCH3 is 2. The first kappa shape index (κ1) is 15.2. The van der Waals surface area contributed by atoms with Crippen LogP contribution in [0.15, 0.2) is 0 Å². The van der Waals surface area contributed by atoms with Crippen molar-refractivity contribution in [1.82, 2.24) is 4.90 Å². The van der Waals surface area contributed by atoms with Gasteiger partial charge in [0.1, 0.15) is 0 Å². The molecule has 0 atom stereocenters. The van der Waals surface area contributed by atoms with Crippen molar-refractivity contribution >= 4 is 23.7 Å². The van der Waals surface area contributed by atoms with E-state index in [0.29, 0.717) is 6.54 Å². The third kappa shape index (κ3) is 7.53. The summed E-state index contributed by atoms with van der Waals surface area (Å²) < 4.78 is 9.13. The number of esters is 2. The minimum atomic E-state index is -0.340. The molecule has 0 aromatic rings. The van der Waals surface area contributed by atoms with E-state index in [1.54, 1.807) is 16.7 Å². The van der Waals surface area contributed by atoms with Gasteiger partial charge in [0.2, 0.25) is 0 Å². The Hall–Kier alpha value is -0.750. The summed E-state index contributed by atoms with van der Waals surface area (Å²) in [6, 6.07) is 0. The molecule has 0 aromatic heterocycles. The summed E-state index contributed by atoms with van der Waals surface area (Å²) in [6.45, 7) is 0.936. The van der Waals surface area contributed by atoms with Crippen molar-refractivity contribution in [3.05, 3.63) is 0 Å². The number of thioether (sulfide) groups is 1. The van der Waals surface area contributed by atoms with E-state index in [-0.39, 0.29) is 25.0 Å². The Bertz CT molecular complexity index is 205. The highest BCUT2D eigenvalue weighted by molar-refractivity contribution is 7.98. The second-order valence-electron chi connectivity index (χ2n) is 3.21. The van der Waals surface area contributed by atoms with Gasteiger partial charge in [0, 0.05) is 6.54 Å². The van der Waals surface area contributed by atoms with Crippen LogP contribution in [0.25, 0.3) is 0 Å². The number of carbonyl (C=O) groups excluding carboxylic acids is 2. The van der Waals surface area contributed by atoms with Crippen LogP contribution in [0.1, 0.15) is 6.42 Å². The molecule has 0 saturated heterocycles. The second-order valence-corrected chi connectivity index (χ2v) is 4.19. The van der Waals surface area contributed by atoms with Gasteiger partial charge in [0.05, 0.1) is 27.3 Å². The molecule has 16 heavy (non-hydrogen) atoms. The summed E-state index contributed by atoms with van der Waals surface area (Å²) in [5.74, 6) is 0.319. The Morgan fingerprint density at radius 3 is 2.00 bits per heavy atom. The molecule has 0 aliphatic heterocycles. The fourth-order valence-electron chi connectivity index (χ4n) is 1.14. The highest BCUT2D eigenvalue weighted by Gasteiger charge is 2.14. The van der Waals surface area contributed by atoms with Crippen LogP contribution in [0.4, 0.5) is 0 Å². The van der Waals surface area contributed by atoms with Crippen LogP contribution in [0.2, 0.25) is 0 Å². The number of hydrogen-bond acceptors (Lipinski definition) is 6. The van der Waals surface area contributed by atoms with Gasteiger partial charge < -0.3 is 9.47 Å². The molecule has 0 aliphatic carbocycles. The van der Waals surface area contributed by atoms with Crippen LogP contribution in [-0.2, 0) is 19.1 Å². The Balaban J connectivity index is 4.04. The van der Waals surface area contributed by atoms with Crippen LogP contribution >= 0.6 is 11.8 Å². The normalized spacial score (nSPS) is 10.2. The van der Waals surface area contributed by atoms with Crippen molar-refractivity contribution in [2.75, 3.05) is 45.9 Å². The predicted molar refractivity (Wildman–Crippen MR) is 63.5 cm³/mol. The van der Waals surface area contributed by atoms with Crippen LogP contribution in [-0.4, -0.2) is 62.7 Å². The summed E-state index contributed by atoms with van der Waals surface area (Å²) in [4.78, 5) is 23.9. The van der Waals surface area contributed by atoms with E-state index in [9.17, 15) is 9.59 Å². The van der Waals surface area contributed by atoms with Crippen molar-refractivity contribution < 1.29 is 19.1 Å². The zero-order chi connectivity index (χ0) is 12.4. The SMILES string of the molecule is COC(=O)CN(CCCSC)CC(=O)OC. The van der Waals surface area contributed by atoms with Gasteiger partial charge >= 0.3 is 11.9 Å². The maximum Gasteiger partial charge on any atom is 0.319 e. The number of carbonyl (C=O) groups is 2. The third-order valence-corrected chi connectivity index (χ3v) is 2.68. The molecule has 0 radical (unpaired) electrons. The summed E-state index contributed by atoms with van der Waals surface area (Å²) in [5.41, 5.74) is 0. The minimum Gasteiger partial charge on any atom is -0.468 e. The van der Waals surface area contributed by atoms with E-state index >= 15 is 0 Å². The molecule has 94 valence electrons. The van der Waals surface area contributed by atoms with E-state index in [2.05, 4.69) is 9.47 Å². The largest absolute Gasteiger partial charge is 0.468 e. The maximum absolute atomic E-state index is 11.1. The molecular weight excluding hydrogens is 230 g/mol. The highest BCUT2D eigenvalue weighted by atomic mass is 32.2. The molecule has 0 aromatic carbocycles. The molecule has 0 unspecified atom stereocenters. The van der Waals surface area contributed by atoms with Gasteiger partial charge in [-0.25, -0.2) is 0 Å². The molecule has 6 heteroatoms. The van der Waals surface area contributed by atoms with E-state index < -0.39 is 0 Å². The van der Waals surface area contributed by atoms with Crippen LogP contribution in [0.3, 0.4) is 0 Å². The Morgan fingerprint density at radius 2 is 1.62 bits per heavy atom. The van der Waals surface area contributed by atoms with Crippen LogP contribution < -0.4 is 0 Å². The van der Waals surface area contributed by atoms with Crippen LogP contribution in [0, 0.1) is 0 Å². The third-order valence-electron chi connectivity index (χ3n) is 1.98. The smallest absolute Gasteiger partial charge is 0.319 e. The summed E-state index contributed by atoms with van der Waals surface area (Å²) >= 11 is 1.73. The molecule has 0 amide bonds. The summed E-state index contributed by atoms with van der Waals surface area (Å²) in [5, 5.41) is 0. The van der Waals surface area contributed by atoms with Gasteiger partial charge in [0.25, 0.3) is 0 Å². The van der Waals surface area contributed by atoms with Crippen LogP contribution in [0.5, 0.6) is 0 Å². The number of ether oxygens (including phenoxy) is 2. The average molecular weight is 249 g/mol. The van der Waals surface area contributed by atoms with E-state index in [1.165, 1.54) is 14.2 Å². The first-order valence-electron chi connectivity index (χ1n) is 4.99. The molecule has 0 rings (SSSR count). The van der Waals surface area contributed by atoms with Crippen molar-refractivity contribution in [2.24, 2.45) is 0 Å². The topological polar surface area (TPSA) is 55.8 Å². The van der Waals surface area contributed by atoms with Gasteiger partial charge in [-0.15, -0.1) is 0 Å². The van der Waals surface area contributed by atoms with Gasteiger partial charge in [-0.2, -0.15) is 11.8 Å². The van der Waals surface area contributed by atoms with Gasteiger partial charge in [-0.3, -0.25) is 14.5 Å². The molecular formula is C10H19NO4S. The van der Waals surface area contributed by atoms with Crippen molar-refractivity contribution in [3.63, 3.8) is 0 Å². The fourth-order valence-corrected chi connectivity index (χ4v) is 1.56. The summed E-state index contributed by atoms with van der Waals surface area (Å²) in [6.07, 6.45) is 2.94. The first-order valence-corrected chi connectivity index (χ1v) is 6.38. The Labute approximate surface area is 100 Å². The number of nitrogens with zero attached hydrogens (tertiary/aromatic N) is 1. The van der Waals surface area contributed by atoms with E-state index in [0.717, 1.165) is 12.2 Å². The number of rotatable bonds is 8. The van der Waals surface area contributed by atoms with Crippen molar-refractivity contribution in [2.45, 2.75) is 6.42 Å². The minimum absolute atomic E-state index is 0.125. The molecule has 0 bridgehead atoms. The second kappa shape index (κ2) is 9.47. The number of hydrogen-bond donors (Lipinski definition) is 0. The molecule has 0 heterocycles. The van der Waals surface area contributed by atoms with Crippen molar-refractivity contribution in [1.29, 1.82) is 0 Å². The Kier molecular flexibility index (Phi) is 9.03. The average Bonchev–Trinajstić information content (AvgIpc) is 2.28. The van der Waals surface area contributed by atoms with Crippen molar-refractivity contribution in [3.8, 4) is 0 Å². The Morgan fingerprint density at radius 1 is 1.12 bits per heavy atom. The lowest BCUT2D eigenvalue weighted by atomic mass is 10.4. The fraction of sp³-hybridized carbons (Fsp3) is 0.800. The zero-order valence-electron chi connectivity index (χ0n) is 10.0. The maximum atomic E-state index is 11.1. The lowest BCUT2D eigenvalue weighted by molar-refractivity contribution is -0.145. The molecule has 5 nitrogen and oxygen atoms in total. The quantitative estimate of drug-likeness (QED) is 0.458. The van der Waals surface area contributed by atoms with E-state index in [1.807, 2.05) is 6.26 Å². The molecule has 0 N–H and O–H groups in total. The monoisotopic (exact) mass is 249 g/mol. The zero-order valence-corrected chi connectivity index (χ0v) is 10.8. The van der Waals surface area contributed by atoms with Gasteiger partial charge in [0.15, 0.2) is 0 Å². The van der Waals surface area contributed by atoms with Gasteiger partial charge in [-0.05, 0) is 18.4 Å². The lowest BCUT2D eigenvalue weighted by Gasteiger charge is -2.19. The first-order chi connectivity index (χ1) is 7.63. The molecule has 0 saturated carbocycles. The molecule has 0 fully saturated rings. The van der Waals surface area contributed by atoms with Gasteiger partial charge in [-0.1, -0.05) is 0 Å². The molecule has 0 spiro atoms. The standard InChI is InChI=1S/C10H19NO4S/c1-14-9(12)7-11(5-4-6-16-3)8-10(13)15-2/h4-8H2,1-3H3.